The quantitative estimate of drug-likeness (QED) is 0.794. The molecule has 3 rings (SSSR count). The molecule has 7 heteroatoms. The summed E-state index contributed by atoms with van der Waals surface area (Å²) in [5, 5.41) is 11.9. The van der Waals surface area contributed by atoms with Crippen LogP contribution < -0.4 is 10.1 Å². The van der Waals surface area contributed by atoms with E-state index in [0.29, 0.717) is 25.3 Å². The zero-order valence-electron chi connectivity index (χ0n) is 16.0. The summed E-state index contributed by atoms with van der Waals surface area (Å²) >= 11 is 0. The number of nitrogens with one attached hydrogen (secondary N) is 1. The Morgan fingerprint density at radius 3 is 2.61 bits per heavy atom. The summed E-state index contributed by atoms with van der Waals surface area (Å²) in [6.45, 7) is 3.68. The lowest BCUT2D eigenvalue weighted by molar-refractivity contribution is 0.0479. The molecule has 1 fully saturated rings. The van der Waals surface area contributed by atoms with Gasteiger partial charge >= 0.3 is 5.97 Å². The van der Waals surface area contributed by atoms with Gasteiger partial charge in [0.2, 0.25) is 0 Å². The molecule has 148 valence electrons. The molecular weight excluding hydrogens is 360 g/mol. The van der Waals surface area contributed by atoms with Crippen LogP contribution in [-0.4, -0.2) is 48.8 Å². The molecule has 0 radical (unpaired) electrons. The van der Waals surface area contributed by atoms with Gasteiger partial charge in [0.25, 0.3) is 5.91 Å². The van der Waals surface area contributed by atoms with Crippen molar-refractivity contribution in [3.05, 3.63) is 58.9 Å². The lowest BCUT2D eigenvalue weighted by atomic mass is 9.73. The second-order valence-corrected chi connectivity index (χ2v) is 7.02. The third kappa shape index (κ3) is 4.14. The zero-order valence-corrected chi connectivity index (χ0v) is 16.0. The smallest absolute Gasteiger partial charge is 0.354 e. The topological polar surface area (TPSA) is 97.8 Å². The molecule has 0 saturated carbocycles. The number of carbonyl (C=O) groups is 2. The number of amides is 1. The first-order valence-corrected chi connectivity index (χ1v) is 9.15. The monoisotopic (exact) mass is 384 g/mol. The first-order valence-electron chi connectivity index (χ1n) is 9.15. The molecule has 1 aromatic carbocycles. The fourth-order valence-electron chi connectivity index (χ4n) is 3.55. The summed E-state index contributed by atoms with van der Waals surface area (Å²) in [4.78, 5) is 27.3. The Morgan fingerprint density at radius 1 is 1.25 bits per heavy atom. The molecule has 0 aliphatic carbocycles. The van der Waals surface area contributed by atoms with Crippen LogP contribution in [0.5, 0.6) is 5.75 Å². The van der Waals surface area contributed by atoms with Crippen molar-refractivity contribution < 1.29 is 24.2 Å². The molecule has 28 heavy (non-hydrogen) atoms. The van der Waals surface area contributed by atoms with Crippen molar-refractivity contribution in [1.29, 1.82) is 0 Å². The van der Waals surface area contributed by atoms with Gasteiger partial charge in [0.05, 0.1) is 12.7 Å². The van der Waals surface area contributed by atoms with Gasteiger partial charge < -0.3 is 19.9 Å². The van der Waals surface area contributed by atoms with E-state index >= 15 is 0 Å². The van der Waals surface area contributed by atoms with Crippen molar-refractivity contribution in [3.8, 4) is 5.75 Å². The molecule has 1 aliphatic rings. The second-order valence-electron chi connectivity index (χ2n) is 7.02. The van der Waals surface area contributed by atoms with Gasteiger partial charge in [0.15, 0.2) is 0 Å². The number of carboxylic acids is 1. The van der Waals surface area contributed by atoms with Crippen LogP contribution in [0.15, 0.2) is 36.5 Å². The van der Waals surface area contributed by atoms with E-state index in [1.165, 1.54) is 18.3 Å². The lowest BCUT2D eigenvalue weighted by Gasteiger charge is -2.38. The van der Waals surface area contributed by atoms with Crippen molar-refractivity contribution in [3.63, 3.8) is 0 Å². The van der Waals surface area contributed by atoms with Gasteiger partial charge in [-0.2, -0.15) is 0 Å². The standard InChI is InChI=1S/C21H24N2O5/c1-14-3-6-18(27-2)16(11-14)21(7-9-28-10-8-21)13-23-19(24)15-4-5-17(20(25)26)22-12-15/h3-6,11-12H,7-10,13H2,1-2H3,(H,23,24)(H,25,26). The Morgan fingerprint density at radius 2 is 2.00 bits per heavy atom. The number of benzene rings is 1. The lowest BCUT2D eigenvalue weighted by Crippen LogP contribution is -2.45. The van der Waals surface area contributed by atoms with Crippen LogP contribution in [0, 0.1) is 6.92 Å². The first-order chi connectivity index (χ1) is 13.4. The van der Waals surface area contributed by atoms with Crippen molar-refractivity contribution in [1.82, 2.24) is 10.3 Å². The minimum Gasteiger partial charge on any atom is -0.496 e. The number of carbonyl (C=O) groups excluding carboxylic acids is 1. The van der Waals surface area contributed by atoms with Crippen LogP contribution in [0.4, 0.5) is 0 Å². The Bertz CT molecular complexity index is 858. The molecular formula is C21H24N2O5. The van der Waals surface area contributed by atoms with Gasteiger partial charge in [-0.25, -0.2) is 9.78 Å². The van der Waals surface area contributed by atoms with E-state index in [1.807, 2.05) is 19.1 Å². The summed E-state index contributed by atoms with van der Waals surface area (Å²) in [6.07, 6.45) is 2.81. The number of rotatable bonds is 6. The summed E-state index contributed by atoms with van der Waals surface area (Å²) < 4.78 is 11.1. The number of nitrogens with zero attached hydrogens (tertiary/aromatic N) is 1. The largest absolute Gasteiger partial charge is 0.496 e. The molecule has 1 amide bonds. The van der Waals surface area contributed by atoms with Gasteiger partial charge in [-0.15, -0.1) is 0 Å². The molecule has 2 heterocycles. The predicted octanol–water partition coefficient (Wildman–Crippen LogP) is 2.58. The van der Waals surface area contributed by atoms with E-state index < -0.39 is 5.97 Å². The molecule has 7 nitrogen and oxygen atoms in total. The van der Waals surface area contributed by atoms with Crippen molar-refractivity contribution in [2.45, 2.75) is 25.2 Å². The van der Waals surface area contributed by atoms with Crippen LogP contribution in [0.2, 0.25) is 0 Å². The van der Waals surface area contributed by atoms with E-state index in [2.05, 4.69) is 16.4 Å². The fourth-order valence-corrected chi connectivity index (χ4v) is 3.55. The molecule has 2 N–H and O–H groups in total. The van der Waals surface area contributed by atoms with Gasteiger partial charge in [-0.3, -0.25) is 4.79 Å². The average molecular weight is 384 g/mol. The molecule has 0 bridgehead atoms. The number of carboxylic acid groups (broad SMARTS) is 1. The predicted molar refractivity (Wildman–Crippen MR) is 103 cm³/mol. The van der Waals surface area contributed by atoms with Crippen LogP contribution >= 0.6 is 0 Å². The Hall–Kier alpha value is -2.93. The highest BCUT2D eigenvalue weighted by Crippen LogP contribution is 2.40. The minimum absolute atomic E-state index is 0.0954. The van der Waals surface area contributed by atoms with Gasteiger partial charge in [0.1, 0.15) is 11.4 Å². The maximum absolute atomic E-state index is 12.6. The Labute approximate surface area is 163 Å². The maximum Gasteiger partial charge on any atom is 0.354 e. The van der Waals surface area contributed by atoms with E-state index in [0.717, 1.165) is 29.7 Å². The first kappa shape index (κ1) is 19.8. The number of hydrogen-bond donors (Lipinski definition) is 2. The normalized spacial score (nSPS) is 15.6. The van der Waals surface area contributed by atoms with Crippen LogP contribution in [0.1, 0.15) is 44.8 Å². The molecule has 0 atom stereocenters. The maximum atomic E-state index is 12.6. The molecule has 2 aromatic rings. The van der Waals surface area contributed by atoms with Crippen molar-refractivity contribution >= 4 is 11.9 Å². The summed E-state index contributed by atoms with van der Waals surface area (Å²) in [6, 6.07) is 8.86. The number of pyridine rings is 1. The van der Waals surface area contributed by atoms with E-state index in [1.54, 1.807) is 7.11 Å². The number of aromatic carboxylic acids is 1. The number of hydrogen-bond acceptors (Lipinski definition) is 5. The Kier molecular flexibility index (Phi) is 5.94. The third-order valence-corrected chi connectivity index (χ3v) is 5.21. The third-order valence-electron chi connectivity index (χ3n) is 5.21. The van der Waals surface area contributed by atoms with E-state index in [9.17, 15) is 9.59 Å². The minimum atomic E-state index is -1.13. The SMILES string of the molecule is COc1ccc(C)cc1C1(CNC(=O)c2ccc(C(=O)O)nc2)CCOCC1. The van der Waals surface area contributed by atoms with Gasteiger partial charge in [0, 0.05) is 36.9 Å². The van der Waals surface area contributed by atoms with Crippen molar-refractivity contribution in [2.24, 2.45) is 0 Å². The summed E-state index contributed by atoms with van der Waals surface area (Å²) in [5.74, 6) is -0.615. The van der Waals surface area contributed by atoms with Gasteiger partial charge in [-0.05, 0) is 38.0 Å². The van der Waals surface area contributed by atoms with Crippen LogP contribution in [0.25, 0.3) is 0 Å². The molecule has 1 saturated heterocycles. The summed E-state index contributed by atoms with van der Waals surface area (Å²) in [5.41, 5.74) is 2.13. The van der Waals surface area contributed by atoms with E-state index in [-0.39, 0.29) is 17.0 Å². The van der Waals surface area contributed by atoms with Crippen LogP contribution in [0.3, 0.4) is 0 Å². The second kappa shape index (κ2) is 8.39. The van der Waals surface area contributed by atoms with Gasteiger partial charge in [-0.1, -0.05) is 17.7 Å². The molecule has 0 unspecified atom stereocenters. The molecule has 1 aliphatic heterocycles. The highest BCUT2D eigenvalue weighted by Gasteiger charge is 2.37. The average Bonchev–Trinajstić information content (AvgIpc) is 2.72. The Balaban J connectivity index is 1.82. The summed E-state index contributed by atoms with van der Waals surface area (Å²) in [7, 11) is 1.65. The fraction of sp³-hybridized carbons (Fsp3) is 0.381. The number of ether oxygens (including phenoxy) is 2. The van der Waals surface area contributed by atoms with E-state index in [4.69, 9.17) is 14.6 Å². The van der Waals surface area contributed by atoms with Crippen molar-refractivity contribution in [2.75, 3.05) is 26.9 Å². The number of methoxy groups -OCH3 is 1. The molecule has 0 spiro atoms. The number of aromatic nitrogens is 1. The number of aryl methyl sites for hydroxylation is 1. The molecule has 1 aromatic heterocycles. The highest BCUT2D eigenvalue weighted by molar-refractivity contribution is 5.94. The highest BCUT2D eigenvalue weighted by atomic mass is 16.5. The zero-order chi connectivity index (χ0) is 20.1. The van der Waals surface area contributed by atoms with Crippen LogP contribution in [-0.2, 0) is 10.2 Å².